The van der Waals surface area contributed by atoms with Crippen LogP contribution < -0.4 is 5.32 Å². The molecule has 0 aliphatic heterocycles. The van der Waals surface area contributed by atoms with Gasteiger partial charge in [-0.25, -0.2) is 0 Å². The second kappa shape index (κ2) is 8.44. The lowest BCUT2D eigenvalue weighted by atomic mass is 10.2. The summed E-state index contributed by atoms with van der Waals surface area (Å²) < 4.78 is 0. The minimum absolute atomic E-state index is 0.444. The second-order valence-corrected chi connectivity index (χ2v) is 2.22. The first-order valence-corrected chi connectivity index (χ1v) is 3.87. The van der Waals surface area contributed by atoms with Crippen molar-refractivity contribution in [3.05, 3.63) is 35.9 Å². The Labute approximate surface area is 78.0 Å². The van der Waals surface area contributed by atoms with Crippen molar-refractivity contribution >= 4 is 6.29 Å². The largest absolute Gasteiger partial charge is 0.308 e. The molecule has 1 rings (SSSR count). The van der Waals surface area contributed by atoms with Gasteiger partial charge in [0.1, 0.15) is 6.29 Å². The topological polar surface area (TPSA) is 52.9 Å². The Morgan fingerprint density at radius 1 is 1.46 bits per heavy atom. The molecule has 0 saturated heterocycles. The van der Waals surface area contributed by atoms with Gasteiger partial charge in [0.25, 0.3) is 0 Å². The smallest absolute Gasteiger partial charge is 0.150 e. The van der Waals surface area contributed by atoms with Crippen LogP contribution in [0.25, 0.3) is 0 Å². The Morgan fingerprint density at radius 2 is 2.08 bits per heavy atom. The molecular formula is C10H12N2O. The summed E-state index contributed by atoms with van der Waals surface area (Å²) in [5.41, 5.74) is 0.729. The lowest BCUT2D eigenvalue weighted by molar-refractivity contribution is 0.112. The monoisotopic (exact) mass is 176 g/mol. The van der Waals surface area contributed by atoms with E-state index in [1.807, 2.05) is 24.3 Å². The zero-order valence-electron chi connectivity index (χ0n) is 7.53. The van der Waals surface area contributed by atoms with E-state index in [9.17, 15) is 4.79 Å². The molecule has 0 bridgehead atoms. The normalized spacial score (nSPS) is 7.69. The van der Waals surface area contributed by atoms with Gasteiger partial charge in [-0.1, -0.05) is 30.3 Å². The van der Waals surface area contributed by atoms with E-state index in [0.717, 1.165) is 11.8 Å². The van der Waals surface area contributed by atoms with Crippen molar-refractivity contribution in [3.63, 3.8) is 0 Å². The predicted molar refractivity (Wildman–Crippen MR) is 51.4 cm³/mol. The number of carbonyl (C=O) groups is 1. The molecule has 0 amide bonds. The molecule has 0 aromatic heterocycles. The number of nitrogens with one attached hydrogen (secondary N) is 1. The molecule has 0 spiro atoms. The van der Waals surface area contributed by atoms with Gasteiger partial charge >= 0.3 is 0 Å². The molecule has 0 unspecified atom stereocenters. The fraction of sp³-hybridized carbons (Fsp3) is 0.200. The maximum atomic E-state index is 10.0. The Morgan fingerprint density at radius 3 is 2.31 bits per heavy atom. The van der Waals surface area contributed by atoms with Crippen LogP contribution in [0.5, 0.6) is 0 Å². The van der Waals surface area contributed by atoms with E-state index in [0.29, 0.717) is 6.54 Å². The first kappa shape index (κ1) is 11.3. The van der Waals surface area contributed by atoms with Gasteiger partial charge in [-0.2, -0.15) is 5.26 Å². The van der Waals surface area contributed by atoms with Gasteiger partial charge in [0.05, 0.1) is 12.6 Å². The highest BCUT2D eigenvalue weighted by Gasteiger charge is 1.79. The Kier molecular flexibility index (Phi) is 7.36. The number of aldehydes is 1. The third kappa shape index (κ3) is 6.73. The third-order valence-electron chi connectivity index (χ3n) is 1.19. The fourth-order valence-corrected chi connectivity index (χ4v) is 0.611. The van der Waals surface area contributed by atoms with Gasteiger partial charge in [-0.05, 0) is 7.05 Å². The SMILES string of the molecule is CNCC#N.O=Cc1ccccc1. The number of hydrogen-bond donors (Lipinski definition) is 1. The summed E-state index contributed by atoms with van der Waals surface area (Å²) in [7, 11) is 1.74. The molecule has 3 heteroatoms. The molecule has 68 valence electrons. The van der Waals surface area contributed by atoms with Crippen LogP contribution in [0.4, 0.5) is 0 Å². The Hall–Kier alpha value is -1.66. The van der Waals surface area contributed by atoms with Crippen LogP contribution in [-0.2, 0) is 0 Å². The second-order valence-electron chi connectivity index (χ2n) is 2.22. The van der Waals surface area contributed by atoms with Crippen LogP contribution in [0.3, 0.4) is 0 Å². The number of carbonyl (C=O) groups excluding carboxylic acids is 1. The number of nitriles is 1. The van der Waals surface area contributed by atoms with E-state index in [-0.39, 0.29) is 0 Å². The molecule has 0 radical (unpaired) electrons. The van der Waals surface area contributed by atoms with Crippen molar-refractivity contribution in [2.24, 2.45) is 0 Å². The maximum absolute atomic E-state index is 10.0. The molecule has 0 atom stereocenters. The van der Waals surface area contributed by atoms with Gasteiger partial charge in [-0.3, -0.25) is 4.79 Å². The first-order chi connectivity index (χ1) is 6.35. The molecule has 3 nitrogen and oxygen atoms in total. The average molecular weight is 176 g/mol. The summed E-state index contributed by atoms with van der Waals surface area (Å²) in [6.07, 6.45) is 0.833. The van der Waals surface area contributed by atoms with Crippen molar-refractivity contribution < 1.29 is 4.79 Å². The fourth-order valence-electron chi connectivity index (χ4n) is 0.611. The quantitative estimate of drug-likeness (QED) is 0.544. The average Bonchev–Trinajstić information content (AvgIpc) is 2.21. The molecule has 0 saturated carbocycles. The third-order valence-corrected chi connectivity index (χ3v) is 1.19. The van der Waals surface area contributed by atoms with Gasteiger partial charge in [-0.15, -0.1) is 0 Å². The summed E-state index contributed by atoms with van der Waals surface area (Å²) in [6.45, 7) is 0.444. The van der Waals surface area contributed by atoms with E-state index in [1.165, 1.54) is 0 Å². The van der Waals surface area contributed by atoms with Crippen molar-refractivity contribution in [3.8, 4) is 6.07 Å². The Balaban J connectivity index is 0.000000252. The minimum Gasteiger partial charge on any atom is -0.308 e. The molecule has 0 fully saturated rings. The predicted octanol–water partition coefficient (Wildman–Crippen LogP) is 1.23. The molecular weight excluding hydrogens is 164 g/mol. The van der Waals surface area contributed by atoms with E-state index in [1.54, 1.807) is 19.2 Å². The highest BCUT2D eigenvalue weighted by molar-refractivity contribution is 5.74. The highest BCUT2D eigenvalue weighted by atomic mass is 16.1. The summed E-state index contributed by atoms with van der Waals surface area (Å²) in [4.78, 5) is 10.0. The summed E-state index contributed by atoms with van der Waals surface area (Å²) in [5, 5.41) is 10.4. The molecule has 1 aromatic carbocycles. The lowest BCUT2D eigenvalue weighted by Crippen LogP contribution is -2.03. The molecule has 1 N–H and O–H groups in total. The molecule has 0 aliphatic carbocycles. The van der Waals surface area contributed by atoms with Crippen LogP contribution in [-0.4, -0.2) is 19.9 Å². The highest BCUT2D eigenvalue weighted by Crippen LogP contribution is 1.91. The van der Waals surface area contributed by atoms with Gasteiger partial charge in [0.2, 0.25) is 0 Å². The minimum atomic E-state index is 0.444. The first-order valence-electron chi connectivity index (χ1n) is 3.87. The van der Waals surface area contributed by atoms with Crippen molar-refractivity contribution in [1.29, 1.82) is 5.26 Å². The number of benzene rings is 1. The van der Waals surface area contributed by atoms with E-state index >= 15 is 0 Å². The molecule has 0 heterocycles. The zero-order chi connectivity index (χ0) is 9.94. The number of hydrogen-bond acceptors (Lipinski definition) is 3. The van der Waals surface area contributed by atoms with E-state index in [4.69, 9.17) is 5.26 Å². The summed E-state index contributed by atoms with van der Waals surface area (Å²) in [6, 6.07) is 11.0. The number of rotatable bonds is 2. The molecule has 1 aromatic rings. The van der Waals surface area contributed by atoms with Crippen LogP contribution in [0.15, 0.2) is 30.3 Å². The van der Waals surface area contributed by atoms with Crippen LogP contribution in [0.1, 0.15) is 10.4 Å². The summed E-state index contributed by atoms with van der Waals surface area (Å²) in [5.74, 6) is 0. The van der Waals surface area contributed by atoms with Gasteiger partial charge in [0, 0.05) is 5.56 Å². The van der Waals surface area contributed by atoms with Gasteiger partial charge < -0.3 is 5.32 Å². The van der Waals surface area contributed by atoms with E-state index < -0.39 is 0 Å². The van der Waals surface area contributed by atoms with Crippen molar-refractivity contribution in [1.82, 2.24) is 5.32 Å². The molecule has 0 aliphatic rings. The standard InChI is InChI=1S/C7H6O.C3H6N2/c8-6-7-4-2-1-3-5-7;1-5-3-2-4/h1-6H;5H,3H2,1H3. The van der Waals surface area contributed by atoms with Gasteiger partial charge in [0.15, 0.2) is 0 Å². The maximum Gasteiger partial charge on any atom is 0.150 e. The lowest BCUT2D eigenvalue weighted by Gasteiger charge is -1.81. The van der Waals surface area contributed by atoms with Crippen molar-refractivity contribution in [2.45, 2.75) is 0 Å². The summed E-state index contributed by atoms with van der Waals surface area (Å²) >= 11 is 0. The number of nitrogens with zero attached hydrogens (tertiary/aromatic N) is 1. The van der Waals surface area contributed by atoms with Crippen molar-refractivity contribution in [2.75, 3.05) is 13.6 Å². The van der Waals surface area contributed by atoms with Crippen LogP contribution >= 0.6 is 0 Å². The van der Waals surface area contributed by atoms with Crippen LogP contribution in [0.2, 0.25) is 0 Å². The zero-order valence-corrected chi connectivity index (χ0v) is 7.53. The van der Waals surface area contributed by atoms with Crippen LogP contribution in [0, 0.1) is 11.3 Å². The molecule has 13 heavy (non-hydrogen) atoms. The van der Waals surface area contributed by atoms with E-state index in [2.05, 4.69) is 5.32 Å². The Bertz CT molecular complexity index is 264.